The predicted molar refractivity (Wildman–Crippen MR) is 78.2 cm³/mol. The maximum atomic E-state index is 12.7. The largest absolute Gasteiger partial charge is 0.269 e. The van der Waals surface area contributed by atoms with E-state index in [1.54, 1.807) is 30.3 Å². The van der Waals surface area contributed by atoms with E-state index in [0.717, 1.165) is 11.1 Å². The summed E-state index contributed by atoms with van der Waals surface area (Å²) in [6.45, 7) is 3.84. The number of hydrogen-bond donors (Lipinski definition) is 0. The number of rotatable bonds is 2. The van der Waals surface area contributed by atoms with Crippen molar-refractivity contribution >= 4 is 21.1 Å². The first-order valence-corrected chi connectivity index (χ1v) is 7.69. The number of aryl methyl sites for hydroxylation is 2. The highest BCUT2D eigenvalue weighted by molar-refractivity contribution is 7.90. The lowest BCUT2D eigenvalue weighted by Gasteiger charge is -2.07. The lowest BCUT2D eigenvalue weighted by Crippen LogP contribution is -2.11. The van der Waals surface area contributed by atoms with Crippen molar-refractivity contribution in [3.05, 3.63) is 59.9 Å². The average Bonchev–Trinajstić information content (AvgIpc) is 2.85. The predicted octanol–water partition coefficient (Wildman–Crippen LogP) is 2.89. The van der Waals surface area contributed by atoms with Crippen LogP contribution in [0.4, 0.5) is 0 Å². The fraction of sp³-hybridized carbons (Fsp3) is 0.133. The van der Waals surface area contributed by atoms with Gasteiger partial charge < -0.3 is 0 Å². The van der Waals surface area contributed by atoms with Gasteiger partial charge in [-0.25, -0.2) is 17.4 Å². The van der Waals surface area contributed by atoms with Crippen LogP contribution in [-0.4, -0.2) is 17.4 Å². The standard InChI is InChI=1S/C15H14N2O2S/c1-11-6-8-13(9-7-11)20(18,19)17-10-16-15-12(2)4-3-5-14(15)17/h3-10H,1-2H3. The summed E-state index contributed by atoms with van der Waals surface area (Å²) in [5, 5.41) is 0. The van der Waals surface area contributed by atoms with Crippen LogP contribution in [0.1, 0.15) is 11.1 Å². The van der Waals surface area contributed by atoms with Gasteiger partial charge in [0.05, 0.1) is 15.9 Å². The summed E-state index contributed by atoms with van der Waals surface area (Å²) in [5.41, 5.74) is 3.30. The molecule has 0 spiro atoms. The van der Waals surface area contributed by atoms with Crippen LogP contribution in [0.5, 0.6) is 0 Å². The Hall–Kier alpha value is -2.14. The van der Waals surface area contributed by atoms with E-state index in [1.165, 1.54) is 10.3 Å². The second-order valence-corrected chi connectivity index (χ2v) is 6.62. The first-order chi connectivity index (χ1) is 9.50. The summed E-state index contributed by atoms with van der Waals surface area (Å²) in [7, 11) is -3.60. The highest BCUT2D eigenvalue weighted by atomic mass is 32.2. The molecule has 2 aromatic carbocycles. The molecule has 3 rings (SSSR count). The van der Waals surface area contributed by atoms with Gasteiger partial charge >= 0.3 is 0 Å². The molecule has 0 atom stereocenters. The van der Waals surface area contributed by atoms with Crippen molar-refractivity contribution in [2.75, 3.05) is 0 Å². The van der Waals surface area contributed by atoms with Crippen LogP contribution >= 0.6 is 0 Å². The minimum Gasteiger partial charge on any atom is -0.235 e. The van der Waals surface area contributed by atoms with Crippen molar-refractivity contribution < 1.29 is 8.42 Å². The molecule has 3 aromatic rings. The van der Waals surface area contributed by atoms with Gasteiger partial charge in [-0.15, -0.1) is 0 Å². The molecular formula is C15H14N2O2S. The van der Waals surface area contributed by atoms with Gasteiger partial charge in [-0.3, -0.25) is 0 Å². The Labute approximate surface area is 117 Å². The molecule has 0 N–H and O–H groups in total. The van der Waals surface area contributed by atoms with E-state index in [1.807, 2.05) is 26.0 Å². The third kappa shape index (κ3) is 1.91. The third-order valence-electron chi connectivity index (χ3n) is 3.32. The zero-order chi connectivity index (χ0) is 14.3. The summed E-state index contributed by atoms with van der Waals surface area (Å²) < 4.78 is 26.5. The molecule has 1 heterocycles. The average molecular weight is 286 g/mol. The van der Waals surface area contributed by atoms with Crippen molar-refractivity contribution in [2.24, 2.45) is 0 Å². The van der Waals surface area contributed by atoms with Crippen LogP contribution in [0.25, 0.3) is 11.0 Å². The number of aromatic nitrogens is 2. The minimum absolute atomic E-state index is 0.268. The van der Waals surface area contributed by atoms with Gasteiger partial charge in [0.1, 0.15) is 6.33 Å². The molecular weight excluding hydrogens is 272 g/mol. The van der Waals surface area contributed by atoms with E-state index in [2.05, 4.69) is 4.98 Å². The van der Waals surface area contributed by atoms with Crippen molar-refractivity contribution in [1.29, 1.82) is 0 Å². The van der Waals surface area contributed by atoms with E-state index in [4.69, 9.17) is 0 Å². The smallest absolute Gasteiger partial charge is 0.235 e. The Bertz CT molecular complexity index is 878. The van der Waals surface area contributed by atoms with Crippen LogP contribution in [0.15, 0.2) is 53.7 Å². The molecule has 1 aromatic heterocycles. The molecule has 0 amide bonds. The molecule has 0 aliphatic heterocycles. The topological polar surface area (TPSA) is 52.0 Å². The summed E-state index contributed by atoms with van der Waals surface area (Å²) >= 11 is 0. The zero-order valence-corrected chi connectivity index (χ0v) is 12.1. The lowest BCUT2D eigenvalue weighted by molar-refractivity contribution is 0.588. The number of para-hydroxylation sites is 1. The first kappa shape index (κ1) is 12.9. The first-order valence-electron chi connectivity index (χ1n) is 6.25. The number of fused-ring (bicyclic) bond motifs is 1. The van der Waals surface area contributed by atoms with Gasteiger partial charge in [-0.05, 0) is 37.6 Å². The quantitative estimate of drug-likeness (QED) is 0.728. The summed E-state index contributed by atoms with van der Waals surface area (Å²) in [6.07, 6.45) is 1.37. The number of benzene rings is 2. The normalized spacial score (nSPS) is 11.9. The molecule has 0 saturated heterocycles. The molecule has 5 heteroatoms. The fourth-order valence-electron chi connectivity index (χ4n) is 2.18. The Morgan fingerprint density at radius 3 is 2.40 bits per heavy atom. The Morgan fingerprint density at radius 2 is 1.70 bits per heavy atom. The maximum Gasteiger partial charge on any atom is 0.269 e. The van der Waals surface area contributed by atoms with Crippen LogP contribution in [0.2, 0.25) is 0 Å². The van der Waals surface area contributed by atoms with Gasteiger partial charge in [0.2, 0.25) is 0 Å². The molecule has 0 saturated carbocycles. The van der Waals surface area contributed by atoms with Gasteiger partial charge in [0.25, 0.3) is 10.0 Å². The Morgan fingerprint density at radius 1 is 1.00 bits per heavy atom. The van der Waals surface area contributed by atoms with Crippen molar-refractivity contribution in [2.45, 2.75) is 18.7 Å². The molecule has 0 unspecified atom stereocenters. The zero-order valence-electron chi connectivity index (χ0n) is 11.2. The van der Waals surface area contributed by atoms with Gasteiger partial charge in [0, 0.05) is 0 Å². The fourth-order valence-corrected chi connectivity index (χ4v) is 3.46. The minimum atomic E-state index is -3.60. The van der Waals surface area contributed by atoms with Crippen molar-refractivity contribution in [1.82, 2.24) is 8.96 Å². The van der Waals surface area contributed by atoms with Crippen LogP contribution in [0.3, 0.4) is 0 Å². The number of hydrogen-bond acceptors (Lipinski definition) is 3. The van der Waals surface area contributed by atoms with E-state index < -0.39 is 10.0 Å². The van der Waals surface area contributed by atoms with Crippen molar-refractivity contribution in [3.63, 3.8) is 0 Å². The van der Waals surface area contributed by atoms with Crippen LogP contribution in [-0.2, 0) is 10.0 Å². The molecule has 102 valence electrons. The molecule has 0 fully saturated rings. The second-order valence-electron chi connectivity index (χ2n) is 4.80. The molecule has 4 nitrogen and oxygen atoms in total. The molecule has 20 heavy (non-hydrogen) atoms. The van der Waals surface area contributed by atoms with Gasteiger partial charge in [0.15, 0.2) is 0 Å². The molecule has 0 bridgehead atoms. The Balaban J connectivity index is 2.24. The Kier molecular flexibility index (Phi) is 2.87. The van der Waals surface area contributed by atoms with Crippen molar-refractivity contribution in [3.8, 4) is 0 Å². The summed E-state index contributed by atoms with van der Waals surface area (Å²) in [6, 6.07) is 12.3. The number of nitrogens with zero attached hydrogens (tertiary/aromatic N) is 2. The third-order valence-corrected chi connectivity index (χ3v) is 5.00. The highest BCUT2D eigenvalue weighted by Crippen LogP contribution is 2.22. The lowest BCUT2D eigenvalue weighted by atomic mass is 10.2. The monoisotopic (exact) mass is 286 g/mol. The van der Waals surface area contributed by atoms with Gasteiger partial charge in [-0.1, -0.05) is 29.8 Å². The SMILES string of the molecule is Cc1ccc(S(=O)(=O)n2cnc3c(C)cccc32)cc1. The molecule has 0 aliphatic rings. The summed E-state index contributed by atoms with van der Waals surface area (Å²) in [5.74, 6) is 0. The van der Waals surface area contributed by atoms with Crippen LogP contribution in [0, 0.1) is 13.8 Å². The molecule has 0 radical (unpaired) electrons. The van der Waals surface area contributed by atoms with Gasteiger partial charge in [-0.2, -0.15) is 0 Å². The van der Waals surface area contributed by atoms with E-state index in [0.29, 0.717) is 11.0 Å². The van der Waals surface area contributed by atoms with E-state index >= 15 is 0 Å². The van der Waals surface area contributed by atoms with E-state index in [-0.39, 0.29) is 4.90 Å². The van der Waals surface area contributed by atoms with E-state index in [9.17, 15) is 8.42 Å². The summed E-state index contributed by atoms with van der Waals surface area (Å²) in [4.78, 5) is 4.48. The molecule has 0 aliphatic carbocycles. The second kappa shape index (κ2) is 4.45. The van der Waals surface area contributed by atoms with Crippen LogP contribution < -0.4 is 0 Å². The highest BCUT2D eigenvalue weighted by Gasteiger charge is 2.19. The maximum absolute atomic E-state index is 12.7. The number of imidazole rings is 1.